The standard InChI is InChI=1S/C61H117NO11S/c1-3-5-7-9-11-13-15-17-19-21-23-25-27-28-29-31-33-35-37-39-41-43-45-47-49-51-57(65)62-54(53-71-61-59(67)60(73-74(68,69)70)58(66)56(52-63)72-61)55(64)50-48-46-44-42-40-38-36-34-32-30-26-24-22-20-18-16-14-12-10-8-6-4-2/h28-29,48,50,54-56,58-61,63-64,66-67H,3-27,30-47,49,51-53H2,1-2H3,(H,62,65)(H,68,69,70)/b29-28-,50-48+. The number of aliphatic hydroxyl groups excluding tert-OH is 4. The maximum Gasteiger partial charge on any atom is 0.397 e. The fraction of sp³-hybridized carbons (Fsp3) is 0.918. The van der Waals surface area contributed by atoms with Crippen molar-refractivity contribution in [3.8, 4) is 0 Å². The average Bonchev–Trinajstić information content (AvgIpc) is 3.38. The molecule has 1 heterocycles. The van der Waals surface area contributed by atoms with Crippen LogP contribution in [0.5, 0.6) is 0 Å². The summed E-state index contributed by atoms with van der Waals surface area (Å²) in [5, 5.41) is 45.1. The minimum absolute atomic E-state index is 0.260. The number of aliphatic hydroxyl groups is 4. The number of rotatable bonds is 55. The second kappa shape index (κ2) is 51.0. The summed E-state index contributed by atoms with van der Waals surface area (Å²) >= 11 is 0. The minimum atomic E-state index is -5.09. The number of unbranched alkanes of at least 4 members (excludes halogenated alkanes) is 41. The third-order valence-corrected chi connectivity index (χ3v) is 15.4. The van der Waals surface area contributed by atoms with Gasteiger partial charge < -0.3 is 35.2 Å². The lowest BCUT2D eigenvalue weighted by molar-refractivity contribution is -0.298. The van der Waals surface area contributed by atoms with Gasteiger partial charge in [0, 0.05) is 6.42 Å². The van der Waals surface area contributed by atoms with Gasteiger partial charge in [-0.25, -0.2) is 4.18 Å². The van der Waals surface area contributed by atoms with Crippen LogP contribution in [0.3, 0.4) is 0 Å². The van der Waals surface area contributed by atoms with E-state index in [2.05, 4.69) is 35.5 Å². The molecule has 0 aliphatic carbocycles. The number of hydrogen-bond donors (Lipinski definition) is 6. The molecule has 1 saturated heterocycles. The van der Waals surface area contributed by atoms with Crippen LogP contribution in [0.4, 0.5) is 0 Å². The van der Waals surface area contributed by atoms with E-state index in [1.54, 1.807) is 6.08 Å². The van der Waals surface area contributed by atoms with Crippen LogP contribution in [-0.4, -0.2) is 95.4 Å². The first-order chi connectivity index (χ1) is 36.0. The van der Waals surface area contributed by atoms with Gasteiger partial charge in [-0.3, -0.25) is 9.35 Å². The van der Waals surface area contributed by atoms with Crippen LogP contribution >= 0.6 is 0 Å². The van der Waals surface area contributed by atoms with Crippen molar-refractivity contribution in [3.05, 3.63) is 24.3 Å². The average molecular weight is 1070 g/mol. The van der Waals surface area contributed by atoms with Crippen molar-refractivity contribution in [2.45, 2.75) is 346 Å². The van der Waals surface area contributed by atoms with Gasteiger partial charge in [0.2, 0.25) is 5.91 Å². The maximum atomic E-state index is 13.2. The van der Waals surface area contributed by atoms with Gasteiger partial charge >= 0.3 is 10.4 Å². The van der Waals surface area contributed by atoms with Gasteiger partial charge in [-0.1, -0.05) is 276 Å². The van der Waals surface area contributed by atoms with Crippen LogP contribution in [0.15, 0.2) is 24.3 Å². The summed E-state index contributed by atoms with van der Waals surface area (Å²) in [6, 6.07) is -0.945. The SMILES string of the molecule is CCCCCCCCCCCCCC/C=C\CCCCCCCCCCCC(=O)NC(COC1OC(CO)C(O)C(OS(=O)(=O)O)C1O)C(O)/C=C/CCCCCCCCCCCCCCCCCCCCCC. The molecule has 1 fully saturated rings. The largest absolute Gasteiger partial charge is 0.397 e. The Hall–Kier alpha value is -1.42. The fourth-order valence-electron chi connectivity index (χ4n) is 10.2. The summed E-state index contributed by atoms with van der Waals surface area (Å²) in [5.74, 6) is -0.260. The van der Waals surface area contributed by atoms with Crippen molar-refractivity contribution in [2.24, 2.45) is 0 Å². The smallest absolute Gasteiger partial charge is 0.394 e. The van der Waals surface area contributed by atoms with E-state index in [1.807, 2.05) is 6.08 Å². The second-order valence-corrected chi connectivity index (χ2v) is 23.0. The summed E-state index contributed by atoms with van der Waals surface area (Å²) in [5.41, 5.74) is 0. The Morgan fingerprint density at radius 3 is 1.22 bits per heavy atom. The normalized spacial score (nSPS) is 19.3. The third kappa shape index (κ3) is 42.6. The molecule has 0 aromatic rings. The highest BCUT2D eigenvalue weighted by molar-refractivity contribution is 7.80. The number of nitrogens with one attached hydrogen (secondary N) is 1. The molecule has 7 atom stereocenters. The quantitative estimate of drug-likeness (QED) is 0.0193. The molecule has 0 aromatic heterocycles. The highest BCUT2D eigenvalue weighted by atomic mass is 32.3. The van der Waals surface area contributed by atoms with Crippen LogP contribution in [0.1, 0.15) is 303 Å². The van der Waals surface area contributed by atoms with Crippen molar-refractivity contribution in [1.82, 2.24) is 5.32 Å². The number of hydrogen-bond acceptors (Lipinski definition) is 10. The van der Waals surface area contributed by atoms with Gasteiger partial charge in [0.1, 0.15) is 24.4 Å². The first-order valence-corrected chi connectivity index (χ1v) is 32.6. The molecule has 1 aliphatic heterocycles. The number of allylic oxidation sites excluding steroid dienone is 3. The molecule has 1 rings (SSSR count). The molecular weight excluding hydrogens is 955 g/mol. The van der Waals surface area contributed by atoms with E-state index in [1.165, 1.54) is 238 Å². The first-order valence-electron chi connectivity index (χ1n) is 31.2. The van der Waals surface area contributed by atoms with Gasteiger partial charge in [-0.15, -0.1) is 0 Å². The van der Waals surface area contributed by atoms with Crippen molar-refractivity contribution in [3.63, 3.8) is 0 Å². The molecular formula is C61H117NO11S. The molecule has 12 nitrogen and oxygen atoms in total. The van der Waals surface area contributed by atoms with E-state index in [0.717, 1.165) is 38.5 Å². The molecule has 438 valence electrons. The number of carbonyl (C=O) groups is 1. The van der Waals surface area contributed by atoms with E-state index in [4.69, 9.17) is 9.47 Å². The molecule has 6 N–H and O–H groups in total. The molecule has 7 unspecified atom stereocenters. The molecule has 0 saturated carbocycles. The van der Waals surface area contributed by atoms with Gasteiger partial charge in [-0.05, 0) is 44.9 Å². The predicted molar refractivity (Wildman–Crippen MR) is 305 cm³/mol. The van der Waals surface area contributed by atoms with Crippen LogP contribution in [-0.2, 0) is 28.9 Å². The molecule has 74 heavy (non-hydrogen) atoms. The Bertz CT molecular complexity index is 1400. The van der Waals surface area contributed by atoms with E-state index in [0.29, 0.717) is 6.42 Å². The Labute approximate surface area is 454 Å². The third-order valence-electron chi connectivity index (χ3n) is 15.0. The number of amides is 1. The van der Waals surface area contributed by atoms with Crippen LogP contribution in [0, 0.1) is 0 Å². The number of ether oxygens (including phenoxy) is 2. The predicted octanol–water partition coefficient (Wildman–Crippen LogP) is 15.2. The van der Waals surface area contributed by atoms with Gasteiger partial charge in [0.15, 0.2) is 6.29 Å². The number of carbonyl (C=O) groups excluding carboxylic acids is 1. The monoisotopic (exact) mass is 1070 g/mol. The topological polar surface area (TPSA) is 192 Å². The molecule has 0 spiro atoms. The lowest BCUT2D eigenvalue weighted by atomic mass is 9.99. The van der Waals surface area contributed by atoms with Crippen LogP contribution < -0.4 is 5.32 Å². The second-order valence-electron chi connectivity index (χ2n) is 22.0. The lowest BCUT2D eigenvalue weighted by Gasteiger charge is -2.41. The molecule has 1 amide bonds. The molecule has 0 aromatic carbocycles. The first kappa shape index (κ1) is 70.6. The minimum Gasteiger partial charge on any atom is -0.394 e. The molecule has 1 aliphatic rings. The lowest BCUT2D eigenvalue weighted by Crippen LogP contribution is -2.61. The summed E-state index contributed by atoms with van der Waals surface area (Å²) in [4.78, 5) is 13.2. The van der Waals surface area contributed by atoms with Gasteiger partial charge in [0.25, 0.3) is 0 Å². The Morgan fingerprint density at radius 1 is 0.527 bits per heavy atom. The van der Waals surface area contributed by atoms with Gasteiger partial charge in [-0.2, -0.15) is 8.42 Å². The zero-order valence-corrected chi connectivity index (χ0v) is 48.5. The summed E-state index contributed by atoms with van der Waals surface area (Å²) in [7, 11) is -5.09. The Balaban J connectivity index is 2.33. The highest BCUT2D eigenvalue weighted by Gasteiger charge is 2.48. The molecule has 0 bridgehead atoms. The zero-order valence-electron chi connectivity index (χ0n) is 47.7. The maximum absolute atomic E-state index is 13.2. The van der Waals surface area contributed by atoms with E-state index in [9.17, 15) is 38.2 Å². The van der Waals surface area contributed by atoms with E-state index in [-0.39, 0.29) is 18.9 Å². The summed E-state index contributed by atoms with van der Waals surface area (Å²) in [6.07, 6.45) is 55.1. The Morgan fingerprint density at radius 2 is 0.865 bits per heavy atom. The van der Waals surface area contributed by atoms with Crippen LogP contribution in [0.2, 0.25) is 0 Å². The Kier molecular flexibility index (Phi) is 48.7. The van der Waals surface area contributed by atoms with Gasteiger partial charge in [0.05, 0.1) is 25.4 Å². The van der Waals surface area contributed by atoms with E-state index >= 15 is 0 Å². The van der Waals surface area contributed by atoms with Crippen molar-refractivity contribution >= 4 is 16.3 Å². The van der Waals surface area contributed by atoms with Crippen molar-refractivity contribution < 1.29 is 51.8 Å². The molecule has 0 radical (unpaired) electrons. The van der Waals surface area contributed by atoms with Crippen molar-refractivity contribution in [2.75, 3.05) is 13.2 Å². The van der Waals surface area contributed by atoms with Crippen molar-refractivity contribution in [1.29, 1.82) is 0 Å². The van der Waals surface area contributed by atoms with Crippen LogP contribution in [0.25, 0.3) is 0 Å². The molecule has 13 heteroatoms. The summed E-state index contributed by atoms with van der Waals surface area (Å²) in [6.45, 7) is 3.45. The van der Waals surface area contributed by atoms with E-state index < -0.39 is 59.9 Å². The highest BCUT2D eigenvalue weighted by Crippen LogP contribution is 2.26. The summed E-state index contributed by atoms with van der Waals surface area (Å²) < 4.78 is 47.9. The zero-order chi connectivity index (χ0) is 54.0. The fourth-order valence-corrected chi connectivity index (χ4v) is 10.7.